The molecule has 2 heterocycles. The molecule has 0 aromatic heterocycles. The van der Waals surface area contributed by atoms with Gasteiger partial charge in [0.15, 0.2) is 0 Å². The van der Waals surface area contributed by atoms with Crippen LogP contribution in [0.5, 0.6) is 5.75 Å². The Morgan fingerprint density at radius 1 is 1.07 bits per heavy atom. The third-order valence-corrected chi connectivity index (χ3v) is 5.98. The van der Waals surface area contributed by atoms with E-state index in [1.807, 2.05) is 13.0 Å². The maximum absolute atomic E-state index is 13.4. The predicted molar refractivity (Wildman–Crippen MR) is 115 cm³/mol. The van der Waals surface area contributed by atoms with E-state index in [0.29, 0.717) is 19.6 Å². The lowest BCUT2D eigenvalue weighted by molar-refractivity contribution is -0.133. The molecule has 1 fully saturated rings. The number of rotatable bonds is 7. The lowest BCUT2D eigenvalue weighted by atomic mass is 10.1. The molecule has 160 valence electrons. The number of piperazine rings is 1. The van der Waals surface area contributed by atoms with Gasteiger partial charge in [0.1, 0.15) is 11.6 Å². The van der Waals surface area contributed by atoms with Crippen LogP contribution >= 0.6 is 0 Å². The summed E-state index contributed by atoms with van der Waals surface area (Å²) in [6.07, 6.45) is 1.00. The lowest BCUT2D eigenvalue weighted by Crippen LogP contribution is -2.49. The molecule has 0 radical (unpaired) electrons. The zero-order valence-corrected chi connectivity index (χ0v) is 17.6. The molecule has 6 heteroatoms. The number of amides is 1. The minimum Gasteiger partial charge on any atom is -0.493 e. The minimum absolute atomic E-state index is 0.105. The quantitative estimate of drug-likeness (QED) is 0.702. The molecule has 0 bridgehead atoms. The van der Waals surface area contributed by atoms with Crippen molar-refractivity contribution in [3.63, 3.8) is 0 Å². The third kappa shape index (κ3) is 5.18. The number of likely N-dealkylation sites (N-methyl/N-ethyl adjacent to an activating group) is 1. The molecule has 2 aromatic rings. The Labute approximate surface area is 178 Å². The molecule has 30 heavy (non-hydrogen) atoms. The largest absolute Gasteiger partial charge is 0.493 e. The summed E-state index contributed by atoms with van der Waals surface area (Å²) in [6.45, 7) is 8.88. The number of ether oxygens (including phenoxy) is 1. The Morgan fingerprint density at radius 2 is 1.87 bits per heavy atom. The van der Waals surface area contributed by atoms with Crippen LogP contribution in [0.2, 0.25) is 0 Å². The van der Waals surface area contributed by atoms with Crippen LogP contribution in [0.15, 0.2) is 42.5 Å². The molecule has 0 saturated carbocycles. The fourth-order valence-electron chi connectivity index (χ4n) is 4.23. The molecule has 1 amide bonds. The second-order valence-corrected chi connectivity index (χ2v) is 8.13. The zero-order chi connectivity index (χ0) is 20.9. The highest BCUT2D eigenvalue weighted by Crippen LogP contribution is 2.26. The van der Waals surface area contributed by atoms with E-state index >= 15 is 0 Å². The molecule has 2 aromatic carbocycles. The average molecular weight is 412 g/mol. The number of halogens is 1. The van der Waals surface area contributed by atoms with Crippen LogP contribution in [-0.2, 0) is 24.3 Å². The standard InChI is InChI=1S/C24H30FN3O2/c1-2-28(17-19-4-3-5-22(25)15-19)24(29)18-27-11-9-26(10-12-27)16-20-6-7-23-21(14-20)8-13-30-23/h3-7,14-15H,2,8-13,16-18H2,1H3. The number of carbonyl (C=O) groups is 1. The molecule has 2 aliphatic rings. The first kappa shape index (κ1) is 20.8. The van der Waals surface area contributed by atoms with Crippen molar-refractivity contribution < 1.29 is 13.9 Å². The second-order valence-electron chi connectivity index (χ2n) is 8.13. The molecule has 1 saturated heterocycles. The van der Waals surface area contributed by atoms with Gasteiger partial charge in [0, 0.05) is 52.2 Å². The van der Waals surface area contributed by atoms with Gasteiger partial charge in [-0.1, -0.05) is 24.3 Å². The summed E-state index contributed by atoms with van der Waals surface area (Å²) in [5.41, 5.74) is 3.47. The number of nitrogens with zero attached hydrogens (tertiary/aromatic N) is 3. The minimum atomic E-state index is -0.261. The predicted octanol–water partition coefficient (Wildman–Crippen LogP) is 2.93. The maximum Gasteiger partial charge on any atom is 0.237 e. The molecule has 0 N–H and O–H groups in total. The zero-order valence-electron chi connectivity index (χ0n) is 17.6. The van der Waals surface area contributed by atoms with E-state index in [1.54, 1.807) is 11.0 Å². The Balaban J connectivity index is 1.25. The first-order valence-corrected chi connectivity index (χ1v) is 10.8. The van der Waals surface area contributed by atoms with Gasteiger partial charge in [0.05, 0.1) is 13.2 Å². The van der Waals surface area contributed by atoms with Crippen LogP contribution in [0.4, 0.5) is 4.39 Å². The first-order chi connectivity index (χ1) is 14.6. The molecular weight excluding hydrogens is 381 g/mol. The van der Waals surface area contributed by atoms with Gasteiger partial charge < -0.3 is 9.64 Å². The Morgan fingerprint density at radius 3 is 2.63 bits per heavy atom. The Kier molecular flexibility index (Phi) is 6.65. The summed E-state index contributed by atoms with van der Waals surface area (Å²) in [6, 6.07) is 13.0. The van der Waals surface area contributed by atoms with Gasteiger partial charge in [-0.25, -0.2) is 4.39 Å². The summed E-state index contributed by atoms with van der Waals surface area (Å²) in [7, 11) is 0. The van der Waals surface area contributed by atoms with Crippen molar-refractivity contribution in [3.05, 3.63) is 65.0 Å². The highest BCUT2D eigenvalue weighted by Gasteiger charge is 2.22. The fourth-order valence-corrected chi connectivity index (χ4v) is 4.23. The lowest BCUT2D eigenvalue weighted by Gasteiger charge is -2.35. The number of hydrogen-bond acceptors (Lipinski definition) is 4. The Hall–Kier alpha value is -2.44. The number of benzene rings is 2. The van der Waals surface area contributed by atoms with Gasteiger partial charge in [-0.3, -0.25) is 14.6 Å². The molecule has 4 rings (SSSR count). The van der Waals surface area contributed by atoms with Gasteiger partial charge in [0.2, 0.25) is 5.91 Å². The summed E-state index contributed by atoms with van der Waals surface area (Å²) < 4.78 is 19.0. The van der Waals surface area contributed by atoms with Crippen LogP contribution in [0.3, 0.4) is 0 Å². The van der Waals surface area contributed by atoms with Crippen molar-refractivity contribution in [2.45, 2.75) is 26.4 Å². The van der Waals surface area contributed by atoms with Crippen molar-refractivity contribution in [2.24, 2.45) is 0 Å². The van der Waals surface area contributed by atoms with Crippen molar-refractivity contribution in [1.29, 1.82) is 0 Å². The van der Waals surface area contributed by atoms with Crippen LogP contribution in [0.1, 0.15) is 23.6 Å². The monoisotopic (exact) mass is 411 g/mol. The molecule has 0 atom stereocenters. The van der Waals surface area contributed by atoms with Crippen molar-refractivity contribution in [2.75, 3.05) is 45.9 Å². The molecule has 2 aliphatic heterocycles. The fraction of sp³-hybridized carbons (Fsp3) is 0.458. The number of hydrogen-bond donors (Lipinski definition) is 0. The highest BCUT2D eigenvalue weighted by atomic mass is 19.1. The molecule has 0 spiro atoms. The van der Waals surface area contributed by atoms with Gasteiger partial charge in [-0.15, -0.1) is 0 Å². The number of fused-ring (bicyclic) bond motifs is 1. The van der Waals surface area contributed by atoms with Crippen LogP contribution in [-0.4, -0.2) is 66.5 Å². The van der Waals surface area contributed by atoms with E-state index in [1.165, 1.54) is 23.3 Å². The molecule has 5 nitrogen and oxygen atoms in total. The highest BCUT2D eigenvalue weighted by molar-refractivity contribution is 5.78. The molecule has 0 aliphatic carbocycles. The van der Waals surface area contributed by atoms with Gasteiger partial charge in [-0.2, -0.15) is 0 Å². The Bertz CT molecular complexity index is 881. The summed E-state index contributed by atoms with van der Waals surface area (Å²) in [4.78, 5) is 19.3. The van der Waals surface area contributed by atoms with Gasteiger partial charge in [-0.05, 0) is 41.8 Å². The average Bonchev–Trinajstić information content (AvgIpc) is 3.21. The molecule has 0 unspecified atom stereocenters. The van der Waals surface area contributed by atoms with Crippen molar-refractivity contribution in [1.82, 2.24) is 14.7 Å². The molecular formula is C24H30FN3O2. The van der Waals surface area contributed by atoms with E-state index in [9.17, 15) is 9.18 Å². The van der Waals surface area contributed by atoms with Gasteiger partial charge >= 0.3 is 0 Å². The normalized spacial score (nSPS) is 16.9. The summed E-state index contributed by atoms with van der Waals surface area (Å²) >= 11 is 0. The van der Waals surface area contributed by atoms with Crippen molar-refractivity contribution in [3.8, 4) is 5.75 Å². The number of carbonyl (C=O) groups excluding carboxylic acids is 1. The van der Waals surface area contributed by atoms with E-state index < -0.39 is 0 Å². The second kappa shape index (κ2) is 9.58. The third-order valence-electron chi connectivity index (χ3n) is 5.98. The smallest absolute Gasteiger partial charge is 0.237 e. The summed E-state index contributed by atoms with van der Waals surface area (Å²) in [5, 5.41) is 0. The van der Waals surface area contributed by atoms with Crippen LogP contribution in [0.25, 0.3) is 0 Å². The van der Waals surface area contributed by atoms with E-state index in [-0.39, 0.29) is 11.7 Å². The van der Waals surface area contributed by atoms with Crippen LogP contribution < -0.4 is 4.74 Å². The van der Waals surface area contributed by atoms with E-state index in [2.05, 4.69) is 28.0 Å². The van der Waals surface area contributed by atoms with Crippen molar-refractivity contribution >= 4 is 5.91 Å². The van der Waals surface area contributed by atoms with E-state index in [4.69, 9.17) is 4.74 Å². The summed E-state index contributed by atoms with van der Waals surface area (Å²) in [5.74, 6) is 0.873. The van der Waals surface area contributed by atoms with Gasteiger partial charge in [0.25, 0.3) is 0 Å². The topological polar surface area (TPSA) is 36.0 Å². The first-order valence-electron chi connectivity index (χ1n) is 10.8. The SMILES string of the molecule is CCN(Cc1cccc(F)c1)C(=O)CN1CCN(Cc2ccc3c(c2)CCO3)CC1. The van der Waals surface area contributed by atoms with Crippen LogP contribution in [0, 0.1) is 5.82 Å². The maximum atomic E-state index is 13.4. The van der Waals surface area contributed by atoms with E-state index in [0.717, 1.165) is 57.1 Å².